The molecule has 0 saturated heterocycles. The van der Waals surface area contributed by atoms with Gasteiger partial charge in [0.1, 0.15) is 5.82 Å². The van der Waals surface area contributed by atoms with Gasteiger partial charge in [-0.1, -0.05) is 19.4 Å². The lowest BCUT2D eigenvalue weighted by atomic mass is 9.67. The summed E-state index contributed by atoms with van der Waals surface area (Å²) in [5.74, 6) is 0.595. The van der Waals surface area contributed by atoms with Crippen molar-refractivity contribution in [1.29, 1.82) is 5.26 Å². The topological polar surface area (TPSA) is 23.8 Å². The highest BCUT2D eigenvalue weighted by molar-refractivity contribution is 5.29. The molecule has 2 heteroatoms. The van der Waals surface area contributed by atoms with Crippen molar-refractivity contribution in [2.24, 2.45) is 11.3 Å². The van der Waals surface area contributed by atoms with Crippen LogP contribution in [0.4, 0.5) is 4.39 Å². The molecule has 0 heterocycles. The third kappa shape index (κ3) is 3.15. The molecule has 1 aromatic rings. The number of aryl methyl sites for hydroxylation is 1. The number of nitriles is 1. The zero-order valence-electron chi connectivity index (χ0n) is 11.9. The van der Waals surface area contributed by atoms with Crippen molar-refractivity contribution >= 4 is 0 Å². The Morgan fingerprint density at radius 2 is 2.05 bits per heavy atom. The summed E-state index contributed by atoms with van der Waals surface area (Å²) in [5, 5.41) is 9.58. The Balaban J connectivity index is 2.13. The molecule has 0 spiro atoms. The first-order valence-electron chi connectivity index (χ1n) is 7.25. The van der Waals surface area contributed by atoms with Crippen molar-refractivity contribution in [1.82, 2.24) is 0 Å². The zero-order chi connectivity index (χ0) is 13.9. The van der Waals surface area contributed by atoms with Crippen molar-refractivity contribution in [2.75, 3.05) is 0 Å². The van der Waals surface area contributed by atoms with Gasteiger partial charge >= 0.3 is 0 Å². The Kier molecular flexibility index (Phi) is 4.24. The molecule has 0 bridgehead atoms. The van der Waals surface area contributed by atoms with Crippen LogP contribution < -0.4 is 0 Å². The summed E-state index contributed by atoms with van der Waals surface area (Å²) in [7, 11) is 0. The molecule has 102 valence electrons. The number of halogens is 1. The smallest absolute Gasteiger partial charge is 0.123 e. The molecule has 0 N–H and O–H groups in total. The van der Waals surface area contributed by atoms with Crippen LogP contribution in [0.25, 0.3) is 0 Å². The van der Waals surface area contributed by atoms with Crippen LogP contribution in [0.5, 0.6) is 0 Å². The molecule has 0 aromatic heterocycles. The average Bonchev–Trinajstić information content (AvgIpc) is 2.43. The highest BCUT2D eigenvalue weighted by Gasteiger charge is 2.35. The van der Waals surface area contributed by atoms with E-state index in [-0.39, 0.29) is 11.2 Å². The lowest BCUT2D eigenvalue weighted by Gasteiger charge is -2.35. The molecular weight excluding hydrogens is 237 g/mol. The van der Waals surface area contributed by atoms with E-state index in [1.54, 1.807) is 6.07 Å². The van der Waals surface area contributed by atoms with Crippen LogP contribution in [0.2, 0.25) is 0 Å². The van der Waals surface area contributed by atoms with E-state index in [0.717, 1.165) is 49.1 Å². The lowest BCUT2D eigenvalue weighted by molar-refractivity contribution is 0.205. The molecule has 0 radical (unpaired) electrons. The van der Waals surface area contributed by atoms with Crippen molar-refractivity contribution in [3.8, 4) is 6.07 Å². The van der Waals surface area contributed by atoms with Gasteiger partial charge in [0.05, 0.1) is 11.5 Å². The first-order chi connectivity index (χ1) is 9.08. The maximum Gasteiger partial charge on any atom is 0.123 e. The monoisotopic (exact) mass is 259 g/mol. The van der Waals surface area contributed by atoms with Crippen molar-refractivity contribution in [2.45, 2.75) is 52.4 Å². The molecule has 0 amide bonds. The lowest BCUT2D eigenvalue weighted by Crippen LogP contribution is -2.28. The standard InChI is InChI=1S/C17H22FN/c1-3-14-6-8-17(12-19,9-7-14)11-15-4-5-16(18)10-13(15)2/h4-5,10,14H,3,6-9,11H2,1-2H3. The fourth-order valence-corrected chi connectivity index (χ4v) is 3.19. The summed E-state index contributed by atoms with van der Waals surface area (Å²) in [6.07, 6.45) is 6.27. The Bertz CT molecular complexity index is 479. The van der Waals surface area contributed by atoms with Crippen molar-refractivity contribution < 1.29 is 4.39 Å². The van der Waals surface area contributed by atoms with Crippen LogP contribution >= 0.6 is 0 Å². The van der Waals surface area contributed by atoms with E-state index in [4.69, 9.17) is 0 Å². The Morgan fingerprint density at radius 3 is 2.58 bits per heavy atom. The van der Waals surface area contributed by atoms with Gasteiger partial charge in [0.15, 0.2) is 0 Å². The van der Waals surface area contributed by atoms with Gasteiger partial charge in [-0.05, 0) is 68.2 Å². The molecule has 1 fully saturated rings. The predicted octanol–water partition coefficient (Wildman–Crippen LogP) is 4.79. The van der Waals surface area contributed by atoms with E-state index in [1.807, 2.05) is 13.0 Å². The van der Waals surface area contributed by atoms with Crippen LogP contribution in [0.1, 0.15) is 50.2 Å². The SMILES string of the molecule is CCC1CCC(C#N)(Cc2ccc(F)cc2C)CC1. The van der Waals surface area contributed by atoms with Gasteiger partial charge in [-0.25, -0.2) is 4.39 Å². The minimum atomic E-state index is -0.228. The predicted molar refractivity (Wildman–Crippen MR) is 75.1 cm³/mol. The van der Waals surface area contributed by atoms with Gasteiger partial charge in [0.25, 0.3) is 0 Å². The summed E-state index contributed by atoms with van der Waals surface area (Å²) >= 11 is 0. The molecule has 0 unspecified atom stereocenters. The van der Waals surface area contributed by atoms with E-state index in [1.165, 1.54) is 12.5 Å². The first kappa shape index (κ1) is 14.1. The Morgan fingerprint density at radius 1 is 1.37 bits per heavy atom. The number of hydrogen-bond donors (Lipinski definition) is 0. The number of benzene rings is 1. The van der Waals surface area contributed by atoms with Crippen LogP contribution in [-0.2, 0) is 6.42 Å². The summed E-state index contributed by atoms with van der Waals surface area (Å²) in [4.78, 5) is 0. The molecule has 1 nitrogen and oxygen atoms in total. The Labute approximate surface area is 115 Å². The van der Waals surface area contributed by atoms with Gasteiger partial charge in [-0.2, -0.15) is 5.26 Å². The highest BCUT2D eigenvalue weighted by atomic mass is 19.1. The quantitative estimate of drug-likeness (QED) is 0.765. The number of nitrogens with zero attached hydrogens (tertiary/aromatic N) is 1. The second kappa shape index (κ2) is 5.74. The summed E-state index contributed by atoms with van der Waals surface area (Å²) in [5.41, 5.74) is 1.86. The zero-order valence-corrected chi connectivity index (χ0v) is 11.9. The van der Waals surface area contributed by atoms with Crippen molar-refractivity contribution in [3.05, 3.63) is 35.1 Å². The molecule has 2 rings (SSSR count). The highest BCUT2D eigenvalue weighted by Crippen LogP contribution is 2.42. The van der Waals surface area contributed by atoms with Crippen LogP contribution in [0.3, 0.4) is 0 Å². The molecule has 1 saturated carbocycles. The number of hydrogen-bond acceptors (Lipinski definition) is 1. The molecule has 1 aromatic carbocycles. The molecule has 1 aliphatic carbocycles. The molecular formula is C17H22FN. The fourth-order valence-electron chi connectivity index (χ4n) is 3.19. The molecule has 0 aliphatic heterocycles. The van der Waals surface area contributed by atoms with Gasteiger partial charge in [-0.3, -0.25) is 0 Å². The summed E-state index contributed by atoms with van der Waals surface area (Å²) < 4.78 is 13.1. The molecule has 1 aliphatic rings. The second-order valence-electron chi connectivity index (χ2n) is 5.99. The van der Waals surface area contributed by atoms with E-state index < -0.39 is 0 Å². The largest absolute Gasteiger partial charge is 0.207 e. The van der Waals surface area contributed by atoms with Crippen LogP contribution in [0.15, 0.2) is 18.2 Å². The summed E-state index contributed by atoms with van der Waals surface area (Å²) in [6.45, 7) is 4.16. The van der Waals surface area contributed by atoms with E-state index in [0.29, 0.717) is 0 Å². The van der Waals surface area contributed by atoms with Crippen LogP contribution in [-0.4, -0.2) is 0 Å². The maximum absolute atomic E-state index is 13.1. The maximum atomic E-state index is 13.1. The second-order valence-corrected chi connectivity index (χ2v) is 5.99. The van der Waals surface area contributed by atoms with Crippen molar-refractivity contribution in [3.63, 3.8) is 0 Å². The molecule has 19 heavy (non-hydrogen) atoms. The van der Waals surface area contributed by atoms with E-state index >= 15 is 0 Å². The third-order valence-electron chi connectivity index (χ3n) is 4.71. The fraction of sp³-hybridized carbons (Fsp3) is 0.588. The van der Waals surface area contributed by atoms with Gasteiger partial charge < -0.3 is 0 Å². The third-order valence-corrected chi connectivity index (χ3v) is 4.71. The van der Waals surface area contributed by atoms with Crippen LogP contribution in [0, 0.1) is 35.4 Å². The van der Waals surface area contributed by atoms with E-state index in [9.17, 15) is 9.65 Å². The van der Waals surface area contributed by atoms with E-state index in [2.05, 4.69) is 13.0 Å². The summed E-state index contributed by atoms with van der Waals surface area (Å²) in [6, 6.07) is 7.47. The normalized spacial score (nSPS) is 26.9. The minimum Gasteiger partial charge on any atom is -0.207 e. The molecule has 0 atom stereocenters. The Hall–Kier alpha value is -1.36. The minimum absolute atomic E-state index is 0.193. The van der Waals surface area contributed by atoms with Gasteiger partial charge in [-0.15, -0.1) is 0 Å². The first-order valence-corrected chi connectivity index (χ1v) is 7.25. The van der Waals surface area contributed by atoms with Gasteiger partial charge in [0.2, 0.25) is 0 Å². The average molecular weight is 259 g/mol. The van der Waals surface area contributed by atoms with Gasteiger partial charge in [0, 0.05) is 0 Å². The number of rotatable bonds is 3.